The number of aromatic carboxylic acids is 1. The van der Waals surface area contributed by atoms with Crippen molar-refractivity contribution in [3.63, 3.8) is 0 Å². The maximum Gasteiger partial charge on any atom is 0.335 e. The molecule has 0 aliphatic rings. The molecule has 0 aromatic heterocycles. The number of benzene rings is 2. The van der Waals surface area contributed by atoms with Gasteiger partial charge in [-0.1, -0.05) is 23.8 Å². The zero-order chi connectivity index (χ0) is 17.0. The first-order valence-electron chi connectivity index (χ1n) is 6.75. The summed E-state index contributed by atoms with van der Waals surface area (Å²) in [6, 6.07) is 11.0. The maximum atomic E-state index is 12.0. The second-order valence-electron chi connectivity index (χ2n) is 5.05. The van der Waals surface area contributed by atoms with Crippen molar-refractivity contribution in [3.8, 4) is 0 Å². The molecule has 0 radical (unpaired) electrons. The van der Waals surface area contributed by atoms with Crippen molar-refractivity contribution < 1.29 is 18.3 Å². The highest BCUT2D eigenvalue weighted by Gasteiger charge is 2.12. The lowest BCUT2D eigenvalue weighted by Gasteiger charge is -2.04. The van der Waals surface area contributed by atoms with E-state index >= 15 is 0 Å². The van der Waals surface area contributed by atoms with Crippen LogP contribution in [0.5, 0.6) is 0 Å². The standard InChI is InChI=1S/C16H16N2O4S/c1-11-3-6-14(7-4-11)23(21,22)18-17-10-13-5-8-15(16(19)20)12(2)9-13/h3-10,18H,1-2H3,(H,19,20)/b17-10+. The summed E-state index contributed by atoms with van der Waals surface area (Å²) in [5.41, 5.74) is 2.32. The third-order valence-electron chi connectivity index (χ3n) is 3.20. The molecule has 0 bridgehead atoms. The zero-order valence-corrected chi connectivity index (χ0v) is 13.5. The smallest absolute Gasteiger partial charge is 0.335 e. The first-order chi connectivity index (χ1) is 10.8. The van der Waals surface area contributed by atoms with E-state index in [1.807, 2.05) is 6.92 Å². The van der Waals surface area contributed by atoms with Gasteiger partial charge in [0.2, 0.25) is 0 Å². The van der Waals surface area contributed by atoms with Crippen LogP contribution in [0, 0.1) is 13.8 Å². The summed E-state index contributed by atoms with van der Waals surface area (Å²) in [6.45, 7) is 3.53. The second kappa shape index (κ2) is 6.62. The number of carbonyl (C=O) groups is 1. The molecule has 0 unspecified atom stereocenters. The monoisotopic (exact) mass is 332 g/mol. The summed E-state index contributed by atoms with van der Waals surface area (Å²) in [5, 5.41) is 12.7. The third-order valence-corrected chi connectivity index (χ3v) is 4.44. The Morgan fingerprint density at radius 2 is 1.78 bits per heavy atom. The normalized spacial score (nSPS) is 11.6. The van der Waals surface area contributed by atoms with Crippen LogP contribution in [0.1, 0.15) is 27.0 Å². The van der Waals surface area contributed by atoms with E-state index in [1.165, 1.54) is 24.4 Å². The molecule has 0 saturated carbocycles. The number of carboxylic acids is 1. The summed E-state index contributed by atoms with van der Waals surface area (Å²) in [4.78, 5) is 13.2. The number of hydrogen-bond acceptors (Lipinski definition) is 4. The number of carboxylic acid groups (broad SMARTS) is 1. The minimum absolute atomic E-state index is 0.123. The average Bonchev–Trinajstić information content (AvgIpc) is 2.47. The second-order valence-corrected chi connectivity index (χ2v) is 6.71. The third kappa shape index (κ3) is 4.17. The van der Waals surface area contributed by atoms with Crippen LogP contribution in [0.15, 0.2) is 52.5 Å². The van der Waals surface area contributed by atoms with Gasteiger partial charge in [-0.15, -0.1) is 0 Å². The van der Waals surface area contributed by atoms with E-state index in [9.17, 15) is 13.2 Å². The zero-order valence-electron chi connectivity index (χ0n) is 12.6. The number of nitrogens with one attached hydrogen (secondary N) is 1. The van der Waals surface area contributed by atoms with Crippen molar-refractivity contribution in [3.05, 3.63) is 64.7 Å². The fourth-order valence-electron chi connectivity index (χ4n) is 1.95. The van der Waals surface area contributed by atoms with E-state index in [0.717, 1.165) is 5.56 Å². The molecule has 2 aromatic carbocycles. The van der Waals surface area contributed by atoms with Crippen LogP contribution in [-0.2, 0) is 10.0 Å². The first kappa shape index (κ1) is 16.7. The Balaban J connectivity index is 2.13. The Hall–Kier alpha value is -2.67. The lowest BCUT2D eigenvalue weighted by atomic mass is 10.1. The first-order valence-corrected chi connectivity index (χ1v) is 8.23. The Morgan fingerprint density at radius 3 is 2.35 bits per heavy atom. The Kier molecular flexibility index (Phi) is 4.80. The van der Waals surface area contributed by atoms with Crippen molar-refractivity contribution in [1.29, 1.82) is 0 Å². The van der Waals surface area contributed by atoms with E-state index in [1.54, 1.807) is 31.2 Å². The maximum absolute atomic E-state index is 12.0. The molecule has 23 heavy (non-hydrogen) atoms. The van der Waals surface area contributed by atoms with Crippen LogP contribution in [0.25, 0.3) is 0 Å². The number of hydrazone groups is 1. The van der Waals surface area contributed by atoms with Crippen LogP contribution in [0.3, 0.4) is 0 Å². The van der Waals surface area contributed by atoms with Crippen molar-refractivity contribution in [2.24, 2.45) is 5.10 Å². The SMILES string of the molecule is Cc1ccc(S(=O)(=O)N/N=C/c2ccc(C(=O)O)c(C)c2)cc1. The van der Waals surface area contributed by atoms with Crippen LogP contribution >= 0.6 is 0 Å². The molecule has 0 heterocycles. The van der Waals surface area contributed by atoms with E-state index in [2.05, 4.69) is 9.93 Å². The van der Waals surface area contributed by atoms with Crippen LogP contribution in [-0.4, -0.2) is 25.7 Å². The summed E-state index contributed by atoms with van der Waals surface area (Å²) in [6.07, 6.45) is 1.32. The molecule has 7 heteroatoms. The van der Waals surface area contributed by atoms with Gasteiger partial charge in [-0.2, -0.15) is 13.5 Å². The van der Waals surface area contributed by atoms with Gasteiger partial charge in [0.1, 0.15) is 0 Å². The number of rotatable bonds is 5. The quantitative estimate of drug-likeness (QED) is 0.649. The highest BCUT2D eigenvalue weighted by atomic mass is 32.2. The van der Waals surface area contributed by atoms with Gasteiger partial charge in [-0.3, -0.25) is 0 Å². The largest absolute Gasteiger partial charge is 0.478 e. The van der Waals surface area contributed by atoms with Crippen LogP contribution in [0.4, 0.5) is 0 Å². The number of hydrogen-bond donors (Lipinski definition) is 2. The number of aryl methyl sites for hydroxylation is 2. The van der Waals surface area contributed by atoms with E-state index < -0.39 is 16.0 Å². The van der Waals surface area contributed by atoms with Crippen molar-refractivity contribution in [2.45, 2.75) is 18.7 Å². The average molecular weight is 332 g/mol. The topological polar surface area (TPSA) is 95.8 Å². The fraction of sp³-hybridized carbons (Fsp3) is 0.125. The van der Waals surface area contributed by atoms with Gasteiger partial charge >= 0.3 is 5.97 Å². The minimum Gasteiger partial charge on any atom is -0.478 e. The van der Waals surface area contributed by atoms with E-state index in [-0.39, 0.29) is 10.5 Å². The minimum atomic E-state index is -3.72. The molecule has 2 aromatic rings. The Morgan fingerprint density at radius 1 is 1.13 bits per heavy atom. The molecule has 0 fully saturated rings. The van der Waals surface area contributed by atoms with Gasteiger partial charge in [0.05, 0.1) is 16.7 Å². The molecule has 2 N–H and O–H groups in total. The fourth-order valence-corrected chi connectivity index (χ4v) is 2.74. The van der Waals surface area contributed by atoms with Crippen molar-refractivity contribution in [2.75, 3.05) is 0 Å². The molecule has 0 aliphatic carbocycles. The van der Waals surface area contributed by atoms with Gasteiger partial charge in [0.25, 0.3) is 10.0 Å². The molecule has 2 rings (SSSR count). The Labute approximate surface area is 134 Å². The molecular weight excluding hydrogens is 316 g/mol. The lowest BCUT2D eigenvalue weighted by molar-refractivity contribution is 0.0696. The molecular formula is C16H16N2O4S. The molecule has 120 valence electrons. The van der Waals surface area contributed by atoms with Gasteiger partial charge in [0.15, 0.2) is 0 Å². The van der Waals surface area contributed by atoms with Gasteiger partial charge in [-0.05, 0) is 49.2 Å². The van der Waals surface area contributed by atoms with Gasteiger partial charge < -0.3 is 5.11 Å². The molecule has 0 spiro atoms. The molecule has 0 amide bonds. The lowest BCUT2D eigenvalue weighted by Crippen LogP contribution is -2.18. The molecule has 0 aliphatic heterocycles. The molecule has 0 atom stereocenters. The van der Waals surface area contributed by atoms with Crippen LogP contribution in [0.2, 0.25) is 0 Å². The number of sulfonamides is 1. The van der Waals surface area contributed by atoms with Crippen LogP contribution < -0.4 is 4.83 Å². The summed E-state index contributed by atoms with van der Waals surface area (Å²) < 4.78 is 24.1. The summed E-state index contributed by atoms with van der Waals surface area (Å²) in [7, 11) is -3.72. The highest BCUT2D eigenvalue weighted by molar-refractivity contribution is 7.89. The van der Waals surface area contributed by atoms with Crippen molar-refractivity contribution in [1.82, 2.24) is 4.83 Å². The van der Waals surface area contributed by atoms with Gasteiger partial charge in [-0.25, -0.2) is 9.63 Å². The predicted octanol–water partition coefficient (Wildman–Crippen LogP) is 2.31. The van der Waals surface area contributed by atoms with Gasteiger partial charge in [0, 0.05) is 0 Å². The predicted molar refractivity (Wildman–Crippen MR) is 87.2 cm³/mol. The molecule has 6 nitrogen and oxygen atoms in total. The van der Waals surface area contributed by atoms with E-state index in [4.69, 9.17) is 5.11 Å². The molecule has 0 saturated heterocycles. The summed E-state index contributed by atoms with van der Waals surface area (Å²) in [5.74, 6) is -1.01. The number of nitrogens with zero attached hydrogens (tertiary/aromatic N) is 1. The Bertz CT molecular complexity index is 856. The van der Waals surface area contributed by atoms with E-state index in [0.29, 0.717) is 11.1 Å². The van der Waals surface area contributed by atoms with Crippen molar-refractivity contribution >= 4 is 22.2 Å². The summed E-state index contributed by atoms with van der Waals surface area (Å²) >= 11 is 0. The highest BCUT2D eigenvalue weighted by Crippen LogP contribution is 2.11.